The van der Waals surface area contributed by atoms with Crippen LogP contribution in [0.5, 0.6) is 11.5 Å². The van der Waals surface area contributed by atoms with Gasteiger partial charge in [0, 0.05) is 24.2 Å². The molecule has 0 bridgehead atoms. The highest BCUT2D eigenvalue weighted by atomic mass is 32.1. The molecule has 0 atom stereocenters. The highest BCUT2D eigenvalue weighted by Gasteiger charge is 2.08. The summed E-state index contributed by atoms with van der Waals surface area (Å²) in [5.74, 6) is 1.42. The Morgan fingerprint density at radius 3 is 3.00 bits per heavy atom. The Morgan fingerprint density at radius 1 is 1.36 bits per heavy atom. The van der Waals surface area contributed by atoms with Crippen molar-refractivity contribution in [3.8, 4) is 11.5 Å². The Bertz CT molecular complexity index is 828. The lowest BCUT2D eigenvalue weighted by Crippen LogP contribution is -2.23. The van der Waals surface area contributed by atoms with Crippen LogP contribution in [-0.2, 0) is 17.8 Å². The van der Waals surface area contributed by atoms with E-state index in [1.807, 2.05) is 47.3 Å². The molecule has 2 heterocycles. The first-order valence-electron chi connectivity index (χ1n) is 8.17. The zero-order chi connectivity index (χ0) is 17.6. The number of amides is 1. The molecule has 0 aliphatic rings. The van der Waals surface area contributed by atoms with Crippen LogP contribution >= 0.6 is 11.3 Å². The lowest BCUT2D eigenvalue weighted by atomic mass is 10.1. The first-order valence-corrected chi connectivity index (χ1v) is 9.05. The van der Waals surface area contributed by atoms with Gasteiger partial charge in [-0.1, -0.05) is 6.07 Å². The molecule has 1 N–H and O–H groups in total. The summed E-state index contributed by atoms with van der Waals surface area (Å²) in [5.41, 5.74) is 1.90. The summed E-state index contributed by atoms with van der Waals surface area (Å²) in [6, 6.07) is 5.76. The highest BCUT2D eigenvalue weighted by molar-refractivity contribution is 7.15. The number of rotatable bonds is 8. The maximum absolute atomic E-state index is 12.1. The standard InChI is InChI=1S/C18H21N3O3S/c1-3-24-15-6-4-13(10-16(15)23-2)5-7-17(22)19-11-14-12-21-8-9-25-18(21)20-14/h4,6,8-10,12H,3,5,7,11H2,1-2H3,(H,19,22). The molecule has 0 aliphatic carbocycles. The van der Waals surface area contributed by atoms with Crippen molar-refractivity contribution in [1.29, 1.82) is 0 Å². The van der Waals surface area contributed by atoms with E-state index in [1.165, 1.54) is 0 Å². The molecule has 25 heavy (non-hydrogen) atoms. The molecule has 1 aromatic carbocycles. The molecule has 1 amide bonds. The lowest BCUT2D eigenvalue weighted by molar-refractivity contribution is -0.121. The largest absolute Gasteiger partial charge is 0.493 e. The molecule has 0 radical (unpaired) electrons. The molecule has 3 aromatic rings. The smallest absolute Gasteiger partial charge is 0.220 e. The summed E-state index contributed by atoms with van der Waals surface area (Å²) in [5, 5.41) is 4.90. The SMILES string of the molecule is CCOc1ccc(CCC(=O)NCc2cn3ccsc3n2)cc1OC. The number of nitrogens with one attached hydrogen (secondary N) is 1. The summed E-state index contributed by atoms with van der Waals surface area (Å²) >= 11 is 1.57. The van der Waals surface area contributed by atoms with Gasteiger partial charge in [-0.2, -0.15) is 0 Å². The van der Waals surface area contributed by atoms with Crippen molar-refractivity contribution >= 4 is 22.2 Å². The van der Waals surface area contributed by atoms with Gasteiger partial charge < -0.3 is 14.8 Å². The Labute approximate surface area is 150 Å². The number of fused-ring (bicyclic) bond motifs is 1. The van der Waals surface area contributed by atoms with Crippen LogP contribution in [0.4, 0.5) is 0 Å². The average molecular weight is 359 g/mol. The van der Waals surface area contributed by atoms with Gasteiger partial charge in [0.2, 0.25) is 5.91 Å². The second kappa shape index (κ2) is 8.02. The fraction of sp³-hybridized carbons (Fsp3) is 0.333. The second-order valence-corrected chi connectivity index (χ2v) is 6.39. The van der Waals surface area contributed by atoms with Crippen molar-refractivity contribution in [1.82, 2.24) is 14.7 Å². The number of benzene rings is 1. The molecule has 0 saturated carbocycles. The molecule has 132 valence electrons. The first-order chi connectivity index (χ1) is 12.2. The van der Waals surface area contributed by atoms with E-state index in [9.17, 15) is 4.79 Å². The number of aromatic nitrogens is 2. The minimum absolute atomic E-state index is 0.00389. The van der Waals surface area contributed by atoms with E-state index in [4.69, 9.17) is 9.47 Å². The van der Waals surface area contributed by atoms with Gasteiger partial charge in [0.1, 0.15) is 0 Å². The third kappa shape index (κ3) is 4.30. The number of methoxy groups -OCH3 is 1. The Morgan fingerprint density at radius 2 is 2.24 bits per heavy atom. The van der Waals surface area contributed by atoms with E-state index in [0.717, 1.165) is 22.0 Å². The molecule has 3 rings (SSSR count). The number of thiazole rings is 1. The third-order valence-electron chi connectivity index (χ3n) is 3.78. The monoisotopic (exact) mass is 359 g/mol. The normalized spacial score (nSPS) is 10.8. The number of aryl methyl sites for hydroxylation is 1. The molecule has 7 heteroatoms. The molecule has 0 spiro atoms. The number of carbonyl (C=O) groups excluding carboxylic acids is 1. The zero-order valence-electron chi connectivity index (χ0n) is 14.3. The van der Waals surface area contributed by atoms with Crippen molar-refractivity contribution in [3.05, 3.63) is 47.2 Å². The Kier molecular flexibility index (Phi) is 5.55. The van der Waals surface area contributed by atoms with E-state index < -0.39 is 0 Å². The third-order valence-corrected chi connectivity index (χ3v) is 4.55. The summed E-state index contributed by atoms with van der Waals surface area (Å²) < 4.78 is 12.8. The molecule has 0 saturated heterocycles. The van der Waals surface area contributed by atoms with Gasteiger partial charge in [0.15, 0.2) is 16.5 Å². The molecule has 0 aliphatic heterocycles. The molecule has 6 nitrogen and oxygen atoms in total. The van der Waals surface area contributed by atoms with Crippen LogP contribution in [0.15, 0.2) is 36.0 Å². The Hall–Kier alpha value is -2.54. The fourth-order valence-electron chi connectivity index (χ4n) is 2.54. The average Bonchev–Trinajstić information content (AvgIpc) is 3.20. The quantitative estimate of drug-likeness (QED) is 0.671. The van der Waals surface area contributed by atoms with Crippen LogP contribution in [0.3, 0.4) is 0 Å². The van der Waals surface area contributed by atoms with Gasteiger partial charge in [0.05, 0.1) is 26.0 Å². The van der Waals surface area contributed by atoms with Crippen molar-refractivity contribution in [2.75, 3.05) is 13.7 Å². The van der Waals surface area contributed by atoms with Gasteiger partial charge in [0.25, 0.3) is 0 Å². The topological polar surface area (TPSA) is 64.9 Å². The predicted molar refractivity (Wildman–Crippen MR) is 97.4 cm³/mol. The number of ether oxygens (including phenoxy) is 2. The van der Waals surface area contributed by atoms with Gasteiger partial charge in [-0.05, 0) is 31.0 Å². The molecular formula is C18H21N3O3S. The number of nitrogens with zero attached hydrogens (tertiary/aromatic N) is 2. The zero-order valence-corrected chi connectivity index (χ0v) is 15.1. The number of imidazole rings is 1. The van der Waals surface area contributed by atoms with Crippen LogP contribution in [0.25, 0.3) is 4.96 Å². The van der Waals surface area contributed by atoms with Crippen molar-refractivity contribution < 1.29 is 14.3 Å². The van der Waals surface area contributed by atoms with Gasteiger partial charge in [-0.15, -0.1) is 11.3 Å². The molecule has 2 aromatic heterocycles. The van der Waals surface area contributed by atoms with Crippen molar-refractivity contribution in [3.63, 3.8) is 0 Å². The van der Waals surface area contributed by atoms with Crippen LogP contribution < -0.4 is 14.8 Å². The highest BCUT2D eigenvalue weighted by Crippen LogP contribution is 2.28. The summed E-state index contributed by atoms with van der Waals surface area (Å²) in [6.07, 6.45) is 4.95. The molecular weight excluding hydrogens is 338 g/mol. The Balaban J connectivity index is 1.50. The van der Waals surface area contributed by atoms with Gasteiger partial charge in [-0.25, -0.2) is 4.98 Å². The summed E-state index contributed by atoms with van der Waals surface area (Å²) in [7, 11) is 1.62. The maximum Gasteiger partial charge on any atom is 0.220 e. The number of hydrogen-bond donors (Lipinski definition) is 1. The van der Waals surface area contributed by atoms with E-state index in [-0.39, 0.29) is 5.91 Å². The first kappa shape index (κ1) is 17.3. The van der Waals surface area contributed by atoms with Crippen LogP contribution in [0.2, 0.25) is 0 Å². The summed E-state index contributed by atoms with van der Waals surface area (Å²) in [6.45, 7) is 2.96. The maximum atomic E-state index is 12.1. The second-order valence-electron chi connectivity index (χ2n) is 5.52. The van der Waals surface area contributed by atoms with E-state index in [1.54, 1.807) is 18.4 Å². The van der Waals surface area contributed by atoms with Crippen molar-refractivity contribution in [2.45, 2.75) is 26.3 Å². The van der Waals surface area contributed by atoms with E-state index >= 15 is 0 Å². The van der Waals surface area contributed by atoms with Crippen LogP contribution in [-0.4, -0.2) is 29.0 Å². The lowest BCUT2D eigenvalue weighted by Gasteiger charge is -2.11. The minimum atomic E-state index is 0.00389. The van der Waals surface area contributed by atoms with Gasteiger partial charge >= 0.3 is 0 Å². The van der Waals surface area contributed by atoms with Crippen LogP contribution in [0.1, 0.15) is 24.6 Å². The molecule has 0 unspecified atom stereocenters. The van der Waals surface area contributed by atoms with E-state index in [2.05, 4.69) is 10.3 Å². The summed E-state index contributed by atoms with van der Waals surface area (Å²) in [4.78, 5) is 17.5. The number of hydrogen-bond acceptors (Lipinski definition) is 5. The number of carbonyl (C=O) groups is 1. The van der Waals surface area contributed by atoms with Gasteiger partial charge in [-0.3, -0.25) is 9.20 Å². The minimum Gasteiger partial charge on any atom is -0.493 e. The van der Waals surface area contributed by atoms with E-state index in [0.29, 0.717) is 31.7 Å². The molecule has 0 fully saturated rings. The predicted octanol–water partition coefficient (Wildman–Crippen LogP) is 3.05. The van der Waals surface area contributed by atoms with Crippen molar-refractivity contribution in [2.24, 2.45) is 0 Å². The van der Waals surface area contributed by atoms with Crippen LogP contribution in [0, 0.1) is 0 Å². The fourth-order valence-corrected chi connectivity index (χ4v) is 3.26.